The lowest BCUT2D eigenvalue weighted by Gasteiger charge is -2.18. The Labute approximate surface area is 115 Å². The fourth-order valence-electron chi connectivity index (χ4n) is 2.51. The van der Waals surface area contributed by atoms with Gasteiger partial charge in [0.05, 0.1) is 19.1 Å². The van der Waals surface area contributed by atoms with Crippen molar-refractivity contribution in [3.63, 3.8) is 0 Å². The van der Waals surface area contributed by atoms with Crippen LogP contribution >= 0.6 is 0 Å². The van der Waals surface area contributed by atoms with Crippen LogP contribution < -0.4 is 4.90 Å². The van der Waals surface area contributed by atoms with E-state index in [1.54, 1.807) is 6.07 Å². The molecule has 1 atom stereocenters. The predicted octanol–water partition coefficient (Wildman–Crippen LogP) is 1.17. The molecule has 2 fully saturated rings. The SMILES string of the molecule is O=C(O)C1CC(=O)N(c2cccc(C3OCCO3)c2)C1. The van der Waals surface area contributed by atoms with Gasteiger partial charge in [-0.2, -0.15) is 0 Å². The molecule has 2 aliphatic rings. The first kappa shape index (κ1) is 13.1. The molecule has 1 aromatic rings. The second-order valence-corrected chi connectivity index (χ2v) is 4.91. The summed E-state index contributed by atoms with van der Waals surface area (Å²) in [7, 11) is 0. The van der Waals surface area contributed by atoms with E-state index in [0.717, 1.165) is 5.56 Å². The minimum absolute atomic E-state index is 0.0516. The lowest BCUT2D eigenvalue weighted by molar-refractivity contribution is -0.141. The summed E-state index contributed by atoms with van der Waals surface area (Å²) in [6.07, 6.45) is -0.348. The molecule has 6 nitrogen and oxygen atoms in total. The predicted molar refractivity (Wildman–Crippen MR) is 69.2 cm³/mol. The molecule has 2 saturated heterocycles. The summed E-state index contributed by atoms with van der Waals surface area (Å²) in [6, 6.07) is 7.30. The maximum atomic E-state index is 11.9. The molecule has 1 aromatic carbocycles. The van der Waals surface area contributed by atoms with E-state index >= 15 is 0 Å². The summed E-state index contributed by atoms with van der Waals surface area (Å²) in [5.41, 5.74) is 1.53. The fourth-order valence-corrected chi connectivity index (χ4v) is 2.51. The Kier molecular flexibility index (Phi) is 3.42. The van der Waals surface area contributed by atoms with Crippen molar-refractivity contribution in [3.05, 3.63) is 29.8 Å². The number of ether oxygens (including phenoxy) is 2. The first-order valence-corrected chi connectivity index (χ1v) is 6.51. The zero-order chi connectivity index (χ0) is 14.1. The van der Waals surface area contributed by atoms with E-state index in [2.05, 4.69) is 0 Å². The van der Waals surface area contributed by atoms with Crippen molar-refractivity contribution < 1.29 is 24.2 Å². The Morgan fingerprint density at radius 2 is 2.05 bits per heavy atom. The normalized spacial score (nSPS) is 23.5. The van der Waals surface area contributed by atoms with Gasteiger partial charge in [-0.1, -0.05) is 12.1 Å². The minimum Gasteiger partial charge on any atom is -0.481 e. The molecule has 1 unspecified atom stereocenters. The van der Waals surface area contributed by atoms with Gasteiger partial charge in [0.25, 0.3) is 0 Å². The topological polar surface area (TPSA) is 76.1 Å². The Morgan fingerprint density at radius 1 is 1.30 bits per heavy atom. The highest BCUT2D eigenvalue weighted by molar-refractivity contribution is 5.99. The number of rotatable bonds is 3. The Morgan fingerprint density at radius 3 is 2.70 bits per heavy atom. The van der Waals surface area contributed by atoms with Crippen molar-refractivity contribution in [2.45, 2.75) is 12.7 Å². The maximum Gasteiger partial charge on any atom is 0.308 e. The van der Waals surface area contributed by atoms with Crippen LogP contribution in [0.5, 0.6) is 0 Å². The number of carboxylic acid groups (broad SMARTS) is 1. The van der Waals surface area contributed by atoms with E-state index in [9.17, 15) is 9.59 Å². The van der Waals surface area contributed by atoms with Gasteiger partial charge in [0.1, 0.15) is 0 Å². The van der Waals surface area contributed by atoms with Gasteiger partial charge >= 0.3 is 5.97 Å². The molecule has 6 heteroatoms. The van der Waals surface area contributed by atoms with Crippen LogP contribution in [-0.4, -0.2) is 36.7 Å². The van der Waals surface area contributed by atoms with E-state index in [-0.39, 0.29) is 18.9 Å². The van der Waals surface area contributed by atoms with Gasteiger partial charge in [-0.15, -0.1) is 0 Å². The number of carbonyl (C=O) groups excluding carboxylic acids is 1. The highest BCUT2D eigenvalue weighted by atomic mass is 16.7. The zero-order valence-electron chi connectivity index (χ0n) is 10.8. The third-order valence-electron chi connectivity index (χ3n) is 3.55. The summed E-state index contributed by atoms with van der Waals surface area (Å²) < 4.78 is 10.8. The number of benzene rings is 1. The fraction of sp³-hybridized carbons (Fsp3) is 0.429. The summed E-state index contributed by atoms with van der Waals surface area (Å²) in [4.78, 5) is 24.4. The van der Waals surface area contributed by atoms with Gasteiger partial charge in [-0.05, 0) is 12.1 Å². The average molecular weight is 277 g/mol. The van der Waals surface area contributed by atoms with Crippen molar-refractivity contribution in [1.29, 1.82) is 0 Å². The largest absolute Gasteiger partial charge is 0.481 e. The molecule has 0 aromatic heterocycles. The summed E-state index contributed by atoms with van der Waals surface area (Å²) in [5.74, 6) is -1.73. The highest BCUT2D eigenvalue weighted by Gasteiger charge is 2.35. The summed E-state index contributed by atoms with van der Waals surface area (Å²) in [6.45, 7) is 1.32. The van der Waals surface area contributed by atoms with Crippen LogP contribution in [0.1, 0.15) is 18.3 Å². The minimum atomic E-state index is -0.931. The number of carboxylic acids is 1. The molecule has 3 rings (SSSR count). The Bertz CT molecular complexity index is 538. The van der Waals surface area contributed by atoms with Crippen LogP contribution in [-0.2, 0) is 19.1 Å². The van der Waals surface area contributed by atoms with Crippen LogP contribution in [0.4, 0.5) is 5.69 Å². The second-order valence-electron chi connectivity index (χ2n) is 4.91. The highest BCUT2D eigenvalue weighted by Crippen LogP contribution is 2.30. The van der Waals surface area contributed by atoms with Crippen LogP contribution in [0.25, 0.3) is 0 Å². The van der Waals surface area contributed by atoms with Gasteiger partial charge < -0.3 is 19.5 Å². The molecule has 2 aliphatic heterocycles. The van der Waals surface area contributed by atoms with Crippen molar-refractivity contribution in [2.75, 3.05) is 24.7 Å². The van der Waals surface area contributed by atoms with E-state index in [1.165, 1.54) is 4.90 Å². The van der Waals surface area contributed by atoms with Crippen LogP contribution in [0, 0.1) is 5.92 Å². The lowest BCUT2D eigenvalue weighted by atomic mass is 10.1. The van der Waals surface area contributed by atoms with E-state index in [1.807, 2.05) is 18.2 Å². The lowest BCUT2D eigenvalue weighted by Crippen LogP contribution is -2.25. The number of nitrogens with zero attached hydrogens (tertiary/aromatic N) is 1. The molecule has 1 amide bonds. The maximum absolute atomic E-state index is 11.9. The third-order valence-corrected chi connectivity index (χ3v) is 3.55. The quantitative estimate of drug-likeness (QED) is 0.897. The average Bonchev–Trinajstić information content (AvgIpc) is 3.08. The summed E-state index contributed by atoms with van der Waals surface area (Å²) >= 11 is 0. The van der Waals surface area contributed by atoms with E-state index in [0.29, 0.717) is 18.9 Å². The molecule has 2 heterocycles. The van der Waals surface area contributed by atoms with Crippen molar-refractivity contribution in [3.8, 4) is 0 Å². The monoisotopic (exact) mass is 277 g/mol. The van der Waals surface area contributed by atoms with Gasteiger partial charge in [-0.3, -0.25) is 9.59 Å². The molecule has 0 saturated carbocycles. The molecule has 106 valence electrons. The molecule has 0 radical (unpaired) electrons. The van der Waals surface area contributed by atoms with Gasteiger partial charge in [0, 0.05) is 24.2 Å². The zero-order valence-corrected chi connectivity index (χ0v) is 10.8. The van der Waals surface area contributed by atoms with Crippen LogP contribution in [0.2, 0.25) is 0 Å². The van der Waals surface area contributed by atoms with Crippen molar-refractivity contribution >= 4 is 17.6 Å². The Balaban J connectivity index is 1.81. The molecule has 1 N–H and O–H groups in total. The first-order valence-electron chi connectivity index (χ1n) is 6.51. The number of anilines is 1. The number of carbonyl (C=O) groups is 2. The third kappa shape index (κ3) is 2.39. The molecule has 0 spiro atoms. The molecule has 0 bridgehead atoms. The molecule has 0 aliphatic carbocycles. The molecule has 20 heavy (non-hydrogen) atoms. The smallest absolute Gasteiger partial charge is 0.308 e. The van der Waals surface area contributed by atoms with E-state index < -0.39 is 18.2 Å². The first-order chi connectivity index (χ1) is 9.65. The van der Waals surface area contributed by atoms with E-state index in [4.69, 9.17) is 14.6 Å². The Hall–Kier alpha value is -1.92. The second kappa shape index (κ2) is 5.22. The number of amides is 1. The van der Waals surface area contributed by atoms with Crippen LogP contribution in [0.3, 0.4) is 0 Å². The van der Waals surface area contributed by atoms with Crippen molar-refractivity contribution in [2.24, 2.45) is 5.92 Å². The summed E-state index contributed by atoms with van der Waals surface area (Å²) in [5, 5.41) is 9.00. The van der Waals surface area contributed by atoms with Gasteiger partial charge in [0.2, 0.25) is 5.91 Å². The number of hydrogen-bond donors (Lipinski definition) is 1. The number of hydrogen-bond acceptors (Lipinski definition) is 4. The number of aliphatic carboxylic acids is 1. The molecular weight excluding hydrogens is 262 g/mol. The standard InChI is InChI=1S/C14H15NO5/c16-12-7-10(13(17)18)8-15(12)11-3-1-2-9(6-11)14-19-4-5-20-14/h1-3,6,10,14H,4-5,7-8H2,(H,17,18). The van der Waals surface area contributed by atoms with Crippen LogP contribution in [0.15, 0.2) is 24.3 Å². The van der Waals surface area contributed by atoms with Crippen molar-refractivity contribution in [1.82, 2.24) is 0 Å². The van der Waals surface area contributed by atoms with Gasteiger partial charge in [0.15, 0.2) is 6.29 Å². The van der Waals surface area contributed by atoms with Gasteiger partial charge in [-0.25, -0.2) is 0 Å². The molecular formula is C14H15NO5.